The molecular weight excluding hydrogens is 234 g/mol. The van der Waals surface area contributed by atoms with Gasteiger partial charge in [-0.3, -0.25) is 4.79 Å². The van der Waals surface area contributed by atoms with E-state index >= 15 is 0 Å². The number of hydrogen-bond donors (Lipinski definition) is 2. The molecule has 0 aromatic carbocycles. The van der Waals surface area contributed by atoms with Gasteiger partial charge in [0.15, 0.2) is 0 Å². The third-order valence-corrected chi connectivity index (χ3v) is 2.83. The minimum atomic E-state index is -0.377. The number of nitrogens with two attached hydrogens (primary N) is 1. The molecule has 0 spiro atoms. The molecule has 0 saturated carbocycles. The van der Waals surface area contributed by atoms with Crippen molar-refractivity contribution in [2.75, 3.05) is 37.4 Å². The lowest BCUT2D eigenvalue weighted by Gasteiger charge is -2.35. The van der Waals surface area contributed by atoms with Crippen molar-refractivity contribution in [3.63, 3.8) is 0 Å². The Hall–Kier alpha value is -1.89. The third-order valence-electron chi connectivity index (χ3n) is 2.83. The van der Waals surface area contributed by atoms with E-state index < -0.39 is 0 Å². The summed E-state index contributed by atoms with van der Waals surface area (Å²) in [6.07, 6.45) is 0. The predicted octanol–water partition coefficient (Wildman–Crippen LogP) is -0.682. The second-order valence-electron chi connectivity index (χ2n) is 4.12. The molecule has 1 atom stereocenters. The monoisotopic (exact) mass is 251 g/mol. The molecule has 7 heteroatoms. The molecule has 1 amide bonds. The zero-order valence-corrected chi connectivity index (χ0v) is 10.5. The van der Waals surface area contributed by atoms with Crippen LogP contribution in [0.5, 0.6) is 0 Å². The van der Waals surface area contributed by atoms with Crippen molar-refractivity contribution in [1.82, 2.24) is 15.3 Å². The Balaban J connectivity index is 2.30. The highest BCUT2D eigenvalue weighted by atomic mass is 16.5. The van der Waals surface area contributed by atoms with Gasteiger partial charge in [-0.05, 0) is 6.92 Å². The number of nitrogen functional groups attached to an aromatic ring is 1. The molecule has 98 valence electrons. The Bertz CT molecular complexity index is 431. The molecule has 2 heterocycles. The van der Waals surface area contributed by atoms with Crippen LogP contribution in [-0.4, -0.2) is 48.7 Å². The normalized spacial score (nSPS) is 19.7. The van der Waals surface area contributed by atoms with Gasteiger partial charge in [0, 0.05) is 25.4 Å². The first-order valence-corrected chi connectivity index (χ1v) is 5.79. The zero-order chi connectivity index (χ0) is 13.1. The molecule has 1 aliphatic heterocycles. The number of amides is 1. The van der Waals surface area contributed by atoms with Crippen LogP contribution in [0.1, 0.15) is 5.69 Å². The summed E-state index contributed by atoms with van der Waals surface area (Å²) in [5, 5.41) is 2.63. The summed E-state index contributed by atoms with van der Waals surface area (Å²) < 4.78 is 5.34. The van der Waals surface area contributed by atoms with E-state index in [0.717, 1.165) is 5.69 Å². The number of carbonyl (C=O) groups is 1. The lowest BCUT2D eigenvalue weighted by atomic mass is 10.2. The molecule has 1 saturated heterocycles. The average molecular weight is 251 g/mol. The number of likely N-dealkylation sites (N-methyl/N-ethyl adjacent to an activating group) is 1. The van der Waals surface area contributed by atoms with Crippen LogP contribution in [0.15, 0.2) is 6.07 Å². The van der Waals surface area contributed by atoms with Gasteiger partial charge in [0.1, 0.15) is 11.9 Å². The second kappa shape index (κ2) is 5.18. The van der Waals surface area contributed by atoms with Crippen LogP contribution in [-0.2, 0) is 9.53 Å². The highest BCUT2D eigenvalue weighted by Gasteiger charge is 2.30. The molecular formula is C11H17N5O2. The van der Waals surface area contributed by atoms with Crippen LogP contribution < -0.4 is 16.0 Å². The molecule has 7 nitrogen and oxygen atoms in total. The molecule has 0 radical (unpaired) electrons. The number of aromatic nitrogens is 2. The smallest absolute Gasteiger partial charge is 0.244 e. The van der Waals surface area contributed by atoms with E-state index in [1.165, 1.54) is 0 Å². The van der Waals surface area contributed by atoms with Crippen molar-refractivity contribution in [2.45, 2.75) is 13.0 Å². The Morgan fingerprint density at radius 3 is 3.06 bits per heavy atom. The first kappa shape index (κ1) is 12.6. The molecule has 1 fully saturated rings. The van der Waals surface area contributed by atoms with Crippen molar-refractivity contribution in [3.05, 3.63) is 11.8 Å². The van der Waals surface area contributed by atoms with Crippen molar-refractivity contribution in [1.29, 1.82) is 0 Å². The standard InChI is InChI=1S/C11H17N5O2/c1-7-5-9(15-11(12)14-7)16-3-4-18-6-8(16)10(17)13-2/h5,8H,3-4,6H2,1-2H3,(H,13,17)(H2,12,14,15). The Morgan fingerprint density at radius 1 is 1.61 bits per heavy atom. The maximum atomic E-state index is 11.8. The molecule has 3 N–H and O–H groups in total. The average Bonchev–Trinajstić information content (AvgIpc) is 2.36. The number of nitrogens with one attached hydrogen (secondary N) is 1. The molecule has 1 aromatic rings. The van der Waals surface area contributed by atoms with Gasteiger partial charge in [0.25, 0.3) is 0 Å². The van der Waals surface area contributed by atoms with Gasteiger partial charge in [0.05, 0.1) is 13.2 Å². The number of nitrogens with zero attached hydrogens (tertiary/aromatic N) is 3. The van der Waals surface area contributed by atoms with Crippen molar-refractivity contribution < 1.29 is 9.53 Å². The van der Waals surface area contributed by atoms with E-state index in [1.54, 1.807) is 7.05 Å². The molecule has 1 unspecified atom stereocenters. The van der Waals surface area contributed by atoms with E-state index in [-0.39, 0.29) is 17.9 Å². The lowest BCUT2D eigenvalue weighted by molar-refractivity contribution is -0.124. The van der Waals surface area contributed by atoms with E-state index in [2.05, 4.69) is 15.3 Å². The number of aryl methyl sites for hydroxylation is 1. The quantitative estimate of drug-likeness (QED) is 0.723. The topological polar surface area (TPSA) is 93.4 Å². The first-order valence-electron chi connectivity index (χ1n) is 5.79. The van der Waals surface area contributed by atoms with Gasteiger partial charge in [0.2, 0.25) is 11.9 Å². The van der Waals surface area contributed by atoms with Gasteiger partial charge in [-0.25, -0.2) is 4.98 Å². The summed E-state index contributed by atoms with van der Waals surface area (Å²) in [5.74, 6) is 0.786. The highest BCUT2D eigenvalue weighted by Crippen LogP contribution is 2.19. The maximum absolute atomic E-state index is 11.8. The first-order chi connectivity index (χ1) is 8.61. The highest BCUT2D eigenvalue weighted by molar-refractivity contribution is 5.85. The van der Waals surface area contributed by atoms with Gasteiger partial charge in [-0.15, -0.1) is 0 Å². The fraction of sp³-hybridized carbons (Fsp3) is 0.545. The number of carbonyl (C=O) groups excluding carboxylic acids is 1. The summed E-state index contributed by atoms with van der Waals surface area (Å²) in [5.41, 5.74) is 6.42. The molecule has 1 aliphatic rings. The summed E-state index contributed by atoms with van der Waals surface area (Å²) in [6, 6.07) is 1.44. The summed E-state index contributed by atoms with van der Waals surface area (Å²) in [7, 11) is 1.61. The summed E-state index contributed by atoms with van der Waals surface area (Å²) in [6.45, 7) is 3.37. The van der Waals surface area contributed by atoms with Crippen LogP contribution >= 0.6 is 0 Å². The van der Waals surface area contributed by atoms with Crippen LogP contribution in [0.3, 0.4) is 0 Å². The van der Waals surface area contributed by atoms with Crippen LogP contribution in [0, 0.1) is 6.92 Å². The van der Waals surface area contributed by atoms with Gasteiger partial charge in [-0.2, -0.15) is 4.98 Å². The molecule has 2 rings (SSSR count). The van der Waals surface area contributed by atoms with Crippen LogP contribution in [0.25, 0.3) is 0 Å². The number of hydrogen-bond acceptors (Lipinski definition) is 6. The SMILES string of the molecule is CNC(=O)C1COCCN1c1cc(C)nc(N)n1. The van der Waals surface area contributed by atoms with Crippen molar-refractivity contribution >= 4 is 17.7 Å². The van der Waals surface area contributed by atoms with Crippen molar-refractivity contribution in [2.24, 2.45) is 0 Å². The Morgan fingerprint density at radius 2 is 2.39 bits per heavy atom. The van der Waals surface area contributed by atoms with E-state index in [0.29, 0.717) is 25.6 Å². The van der Waals surface area contributed by atoms with Gasteiger partial charge < -0.3 is 20.7 Å². The van der Waals surface area contributed by atoms with E-state index in [9.17, 15) is 4.79 Å². The predicted molar refractivity (Wildman–Crippen MR) is 67.2 cm³/mol. The molecule has 18 heavy (non-hydrogen) atoms. The van der Waals surface area contributed by atoms with Crippen LogP contribution in [0.4, 0.5) is 11.8 Å². The van der Waals surface area contributed by atoms with Crippen LogP contribution in [0.2, 0.25) is 0 Å². The minimum Gasteiger partial charge on any atom is -0.377 e. The Kier molecular flexibility index (Phi) is 3.61. The maximum Gasteiger partial charge on any atom is 0.244 e. The zero-order valence-electron chi connectivity index (χ0n) is 10.5. The van der Waals surface area contributed by atoms with Gasteiger partial charge >= 0.3 is 0 Å². The number of anilines is 2. The van der Waals surface area contributed by atoms with E-state index in [4.69, 9.17) is 10.5 Å². The number of rotatable bonds is 2. The fourth-order valence-corrected chi connectivity index (χ4v) is 1.98. The van der Waals surface area contributed by atoms with Crippen molar-refractivity contribution in [3.8, 4) is 0 Å². The fourth-order valence-electron chi connectivity index (χ4n) is 1.98. The molecule has 1 aromatic heterocycles. The summed E-state index contributed by atoms with van der Waals surface area (Å²) >= 11 is 0. The van der Waals surface area contributed by atoms with E-state index in [1.807, 2.05) is 17.9 Å². The van der Waals surface area contributed by atoms with Gasteiger partial charge in [-0.1, -0.05) is 0 Å². The number of ether oxygens (including phenoxy) is 1. The Labute approximate surface area is 105 Å². The minimum absolute atomic E-state index is 0.0930. The molecule has 0 aliphatic carbocycles. The largest absolute Gasteiger partial charge is 0.377 e. The lowest BCUT2D eigenvalue weighted by Crippen LogP contribution is -2.53. The summed E-state index contributed by atoms with van der Waals surface area (Å²) in [4.78, 5) is 21.9. The molecule has 0 bridgehead atoms. The number of morpholine rings is 1. The third kappa shape index (κ3) is 2.51. The second-order valence-corrected chi connectivity index (χ2v) is 4.12.